The number of nitrogens with one attached hydrogen (secondary N) is 1. The molecule has 2 nitrogen and oxygen atoms in total. The average Bonchev–Trinajstić information content (AvgIpc) is 2.73. The molecule has 1 aromatic rings. The molecule has 0 heterocycles. The van der Waals surface area contributed by atoms with Crippen LogP contribution in [0.15, 0.2) is 72.9 Å². The van der Waals surface area contributed by atoms with Crippen molar-refractivity contribution in [3.63, 3.8) is 0 Å². The fourth-order valence-electron chi connectivity index (χ4n) is 3.33. The summed E-state index contributed by atoms with van der Waals surface area (Å²) < 4.78 is 0. The number of hydrogen-bond donors (Lipinski definition) is 1. The third kappa shape index (κ3) is 13.3. The fraction of sp³-hybridized carbons (Fsp3) is 0.414. The molecule has 0 saturated heterocycles. The number of aryl methyl sites for hydroxylation is 3. The normalized spacial score (nSPS) is 12.4. The minimum atomic E-state index is 0.0994. The molecule has 0 spiro atoms. The van der Waals surface area contributed by atoms with E-state index in [-0.39, 0.29) is 5.91 Å². The van der Waals surface area contributed by atoms with Gasteiger partial charge in [-0.25, -0.2) is 0 Å². The molecule has 1 amide bonds. The number of benzene rings is 1. The zero-order chi connectivity index (χ0) is 22.7. The predicted molar refractivity (Wildman–Crippen MR) is 138 cm³/mol. The molecule has 0 bridgehead atoms. The van der Waals surface area contributed by atoms with Crippen LogP contribution < -0.4 is 5.32 Å². The summed E-state index contributed by atoms with van der Waals surface area (Å²) in [5, 5.41) is 3.07. The number of carbonyl (C=O) groups is 1. The Kier molecular flexibility index (Phi) is 14.6. The number of anilines is 1. The van der Waals surface area contributed by atoms with Crippen LogP contribution in [0, 0.1) is 20.8 Å². The Hall–Kier alpha value is -2.61. The van der Waals surface area contributed by atoms with Crippen LogP contribution >= 0.6 is 0 Å². The number of allylic oxidation sites excluding steroid dienone is 10. The van der Waals surface area contributed by atoms with Crippen LogP contribution in [0.3, 0.4) is 0 Å². The third-order valence-corrected chi connectivity index (χ3v) is 4.87. The molecule has 1 aromatic carbocycles. The van der Waals surface area contributed by atoms with Gasteiger partial charge in [0.15, 0.2) is 0 Å². The molecule has 0 fully saturated rings. The second-order valence-electron chi connectivity index (χ2n) is 7.92. The second kappa shape index (κ2) is 17.1. The van der Waals surface area contributed by atoms with Crippen molar-refractivity contribution in [2.45, 2.75) is 79.1 Å². The Morgan fingerprint density at radius 3 is 1.68 bits per heavy atom. The number of rotatable bonds is 14. The van der Waals surface area contributed by atoms with E-state index in [9.17, 15) is 4.79 Å². The second-order valence-corrected chi connectivity index (χ2v) is 7.92. The van der Waals surface area contributed by atoms with E-state index >= 15 is 0 Å². The zero-order valence-electron chi connectivity index (χ0n) is 20.0. The molecule has 0 aliphatic heterocycles. The molecule has 0 aliphatic rings. The van der Waals surface area contributed by atoms with Crippen LogP contribution in [0.25, 0.3) is 0 Å². The highest BCUT2D eigenvalue weighted by Gasteiger charge is 2.07. The van der Waals surface area contributed by atoms with E-state index in [4.69, 9.17) is 0 Å². The van der Waals surface area contributed by atoms with Gasteiger partial charge in [0, 0.05) is 12.1 Å². The lowest BCUT2D eigenvalue weighted by Crippen LogP contribution is -2.13. The molecule has 0 saturated carbocycles. The van der Waals surface area contributed by atoms with Crippen LogP contribution in [0.4, 0.5) is 5.69 Å². The molecule has 0 atom stereocenters. The fourth-order valence-corrected chi connectivity index (χ4v) is 3.33. The van der Waals surface area contributed by atoms with Crippen molar-refractivity contribution < 1.29 is 4.79 Å². The van der Waals surface area contributed by atoms with Crippen LogP contribution in [-0.2, 0) is 4.79 Å². The topological polar surface area (TPSA) is 29.1 Å². The van der Waals surface area contributed by atoms with Crippen LogP contribution in [0.5, 0.6) is 0 Å². The maximum absolute atomic E-state index is 12.2. The van der Waals surface area contributed by atoms with Gasteiger partial charge in [-0.2, -0.15) is 0 Å². The van der Waals surface area contributed by atoms with Gasteiger partial charge in [0.2, 0.25) is 5.91 Å². The van der Waals surface area contributed by atoms with E-state index < -0.39 is 0 Å². The molecule has 168 valence electrons. The Balaban J connectivity index is 2.10. The largest absolute Gasteiger partial charge is 0.326 e. The van der Waals surface area contributed by atoms with E-state index in [2.05, 4.69) is 92.1 Å². The van der Waals surface area contributed by atoms with Crippen molar-refractivity contribution >= 4 is 11.6 Å². The number of unbranched alkanes of at least 4 members (excludes halogenated alkanes) is 1. The number of amides is 1. The van der Waals surface area contributed by atoms with Crippen LogP contribution in [0.1, 0.15) is 75.0 Å². The van der Waals surface area contributed by atoms with Crippen LogP contribution in [-0.4, -0.2) is 5.91 Å². The zero-order valence-corrected chi connectivity index (χ0v) is 20.0. The highest BCUT2D eigenvalue weighted by molar-refractivity contribution is 5.92. The van der Waals surface area contributed by atoms with E-state index in [1.807, 2.05) is 13.8 Å². The molecule has 0 unspecified atom stereocenters. The van der Waals surface area contributed by atoms with Crippen molar-refractivity contribution in [2.75, 3.05) is 5.32 Å². The quantitative estimate of drug-likeness (QED) is 0.238. The van der Waals surface area contributed by atoms with Gasteiger partial charge >= 0.3 is 0 Å². The van der Waals surface area contributed by atoms with Gasteiger partial charge in [-0.15, -0.1) is 0 Å². The van der Waals surface area contributed by atoms with Gasteiger partial charge in [-0.05, 0) is 76.8 Å². The molecule has 31 heavy (non-hydrogen) atoms. The first-order valence-electron chi connectivity index (χ1n) is 11.7. The summed E-state index contributed by atoms with van der Waals surface area (Å²) in [6.07, 6.45) is 29.5. The average molecular weight is 420 g/mol. The molecule has 2 heteroatoms. The van der Waals surface area contributed by atoms with Crippen molar-refractivity contribution in [2.24, 2.45) is 0 Å². The van der Waals surface area contributed by atoms with Crippen molar-refractivity contribution in [1.82, 2.24) is 0 Å². The Morgan fingerprint density at radius 2 is 1.19 bits per heavy atom. The molecule has 0 radical (unpaired) electrons. The maximum Gasteiger partial charge on any atom is 0.224 e. The van der Waals surface area contributed by atoms with E-state index in [0.29, 0.717) is 6.42 Å². The van der Waals surface area contributed by atoms with E-state index in [0.717, 1.165) is 61.8 Å². The van der Waals surface area contributed by atoms with Gasteiger partial charge in [-0.3, -0.25) is 4.79 Å². The van der Waals surface area contributed by atoms with Gasteiger partial charge in [0.1, 0.15) is 0 Å². The predicted octanol–water partition coefficient (Wildman–Crippen LogP) is 8.47. The molecular formula is C29H41NO. The van der Waals surface area contributed by atoms with Crippen molar-refractivity contribution in [3.8, 4) is 0 Å². The Labute approximate surface area is 190 Å². The van der Waals surface area contributed by atoms with Crippen LogP contribution in [0.2, 0.25) is 0 Å². The smallest absolute Gasteiger partial charge is 0.224 e. The van der Waals surface area contributed by atoms with Gasteiger partial charge in [0.05, 0.1) is 0 Å². The highest BCUT2D eigenvalue weighted by atomic mass is 16.1. The summed E-state index contributed by atoms with van der Waals surface area (Å²) in [4.78, 5) is 12.2. The lowest BCUT2D eigenvalue weighted by atomic mass is 10.0. The summed E-state index contributed by atoms with van der Waals surface area (Å²) in [5.41, 5.74) is 4.45. The van der Waals surface area contributed by atoms with Gasteiger partial charge < -0.3 is 5.32 Å². The minimum absolute atomic E-state index is 0.0994. The molecule has 1 rings (SSSR count). The maximum atomic E-state index is 12.2. The first kappa shape index (κ1) is 26.4. The highest BCUT2D eigenvalue weighted by Crippen LogP contribution is 2.22. The van der Waals surface area contributed by atoms with E-state index in [1.165, 1.54) is 5.56 Å². The van der Waals surface area contributed by atoms with Crippen molar-refractivity contribution in [3.05, 3.63) is 89.6 Å². The summed E-state index contributed by atoms with van der Waals surface area (Å²) in [6, 6.07) is 4.22. The monoisotopic (exact) mass is 419 g/mol. The summed E-state index contributed by atoms with van der Waals surface area (Å²) in [6.45, 7) is 8.33. The number of hydrogen-bond acceptors (Lipinski definition) is 1. The van der Waals surface area contributed by atoms with Gasteiger partial charge in [-0.1, -0.05) is 85.4 Å². The lowest BCUT2D eigenvalue weighted by molar-refractivity contribution is -0.116. The van der Waals surface area contributed by atoms with Gasteiger partial charge in [0.25, 0.3) is 0 Å². The standard InChI is InChI=1S/C29H41NO/c1-5-6-7-8-9-10-11-12-13-14-15-16-17-18-19-20-21-22-28(31)30-29-26(3)23-25(2)24-27(29)4/h6-7,9-10,12-13,15-16,18-19,23-24H,5,8,11,14,17,20-22H2,1-4H3,(H,30,31)/b7-6+,10-9+,13-12+,16-15+,19-18+. The number of carbonyl (C=O) groups excluding carboxylic acids is 1. The SMILES string of the molecule is CC/C=C/C/C=C/C/C=C/C/C=C/C/C=C/CCCC(=O)Nc1c(C)cc(C)cc1C. The molecular weight excluding hydrogens is 378 g/mol. The van der Waals surface area contributed by atoms with E-state index in [1.54, 1.807) is 0 Å². The Bertz CT molecular complexity index is 770. The molecule has 1 N–H and O–H groups in total. The molecule has 0 aliphatic carbocycles. The first-order chi connectivity index (χ1) is 15.0. The summed E-state index contributed by atoms with van der Waals surface area (Å²) in [7, 11) is 0. The van der Waals surface area contributed by atoms with Crippen molar-refractivity contribution in [1.29, 1.82) is 0 Å². The lowest BCUT2D eigenvalue weighted by Gasteiger charge is -2.12. The summed E-state index contributed by atoms with van der Waals surface area (Å²) in [5.74, 6) is 0.0994. The summed E-state index contributed by atoms with van der Waals surface area (Å²) >= 11 is 0. The third-order valence-electron chi connectivity index (χ3n) is 4.87. The minimum Gasteiger partial charge on any atom is -0.326 e. The first-order valence-corrected chi connectivity index (χ1v) is 11.7. The Morgan fingerprint density at radius 1 is 0.742 bits per heavy atom. The molecule has 0 aromatic heterocycles.